The summed E-state index contributed by atoms with van der Waals surface area (Å²) >= 11 is 6.13. The molecule has 1 N–H and O–H groups in total. The number of carbonyl (C=O) groups is 2. The highest BCUT2D eigenvalue weighted by molar-refractivity contribution is 6.51. The van der Waals surface area contributed by atoms with Crippen LogP contribution in [0.2, 0.25) is 5.02 Å². The van der Waals surface area contributed by atoms with Crippen molar-refractivity contribution in [3.8, 4) is 5.75 Å². The molecule has 2 heterocycles. The van der Waals surface area contributed by atoms with Crippen LogP contribution in [0.4, 0.5) is 5.69 Å². The molecule has 1 aliphatic heterocycles. The number of rotatable bonds is 5. The molecule has 2 aromatic carbocycles. The van der Waals surface area contributed by atoms with Gasteiger partial charge in [-0.3, -0.25) is 19.5 Å². The lowest BCUT2D eigenvalue weighted by Crippen LogP contribution is -2.29. The first-order valence-corrected chi connectivity index (χ1v) is 10.5. The molecule has 1 aromatic heterocycles. The van der Waals surface area contributed by atoms with Gasteiger partial charge >= 0.3 is 0 Å². The first-order valence-electron chi connectivity index (χ1n) is 10.1. The topological polar surface area (TPSA) is 79.7 Å². The number of nitrogens with zero attached hydrogens (tertiary/aromatic N) is 2. The van der Waals surface area contributed by atoms with Crippen LogP contribution in [0, 0.1) is 0 Å². The third-order valence-electron chi connectivity index (χ3n) is 5.45. The van der Waals surface area contributed by atoms with Gasteiger partial charge in [0.2, 0.25) is 0 Å². The van der Waals surface area contributed by atoms with E-state index in [1.807, 2.05) is 19.1 Å². The van der Waals surface area contributed by atoms with E-state index in [0.717, 1.165) is 12.0 Å². The second-order valence-corrected chi connectivity index (χ2v) is 7.72. The molecule has 0 bridgehead atoms. The van der Waals surface area contributed by atoms with Crippen LogP contribution in [0.15, 0.2) is 72.4 Å². The number of methoxy groups -OCH3 is 1. The molecule has 0 radical (unpaired) electrons. The summed E-state index contributed by atoms with van der Waals surface area (Å²) in [5, 5.41) is 11.6. The van der Waals surface area contributed by atoms with Crippen LogP contribution in [0.3, 0.4) is 0 Å². The van der Waals surface area contributed by atoms with Crippen molar-refractivity contribution in [3.63, 3.8) is 0 Å². The number of aliphatic hydroxyl groups excluding tert-OH is 1. The summed E-state index contributed by atoms with van der Waals surface area (Å²) in [5.74, 6) is -1.59. The van der Waals surface area contributed by atoms with Crippen LogP contribution < -0.4 is 9.64 Å². The zero-order valence-electron chi connectivity index (χ0n) is 17.6. The largest absolute Gasteiger partial charge is 0.507 e. The van der Waals surface area contributed by atoms with Crippen LogP contribution in [-0.2, 0) is 16.0 Å². The number of anilines is 1. The molecule has 1 fully saturated rings. The minimum atomic E-state index is -0.910. The average molecular weight is 449 g/mol. The summed E-state index contributed by atoms with van der Waals surface area (Å²) in [6, 6.07) is 16.4. The summed E-state index contributed by atoms with van der Waals surface area (Å²) in [5.41, 5.74) is 2.24. The molecule has 0 spiro atoms. The SMILES string of the molecule is CCc1ccc(N2C(=O)C(=O)/C(=C(/O)c3cc(Cl)ccc3OC)C2c2ccccn2)cc1. The van der Waals surface area contributed by atoms with Crippen molar-refractivity contribution in [1.29, 1.82) is 0 Å². The van der Waals surface area contributed by atoms with Gasteiger partial charge in [0.05, 0.1) is 23.9 Å². The van der Waals surface area contributed by atoms with Gasteiger partial charge < -0.3 is 9.84 Å². The lowest BCUT2D eigenvalue weighted by molar-refractivity contribution is -0.132. The maximum absolute atomic E-state index is 13.2. The van der Waals surface area contributed by atoms with E-state index in [0.29, 0.717) is 22.2 Å². The Morgan fingerprint density at radius 3 is 2.50 bits per heavy atom. The van der Waals surface area contributed by atoms with E-state index >= 15 is 0 Å². The minimum Gasteiger partial charge on any atom is -0.507 e. The fourth-order valence-electron chi connectivity index (χ4n) is 3.82. The normalized spacial score (nSPS) is 17.6. The molecule has 4 rings (SSSR count). The molecule has 1 unspecified atom stereocenters. The zero-order chi connectivity index (χ0) is 22.8. The summed E-state index contributed by atoms with van der Waals surface area (Å²) in [7, 11) is 1.45. The van der Waals surface area contributed by atoms with Gasteiger partial charge in [-0.2, -0.15) is 0 Å². The average Bonchev–Trinajstić information content (AvgIpc) is 3.09. The van der Waals surface area contributed by atoms with Crippen molar-refractivity contribution >= 4 is 34.7 Å². The predicted molar refractivity (Wildman–Crippen MR) is 123 cm³/mol. The summed E-state index contributed by atoms with van der Waals surface area (Å²) < 4.78 is 5.34. The number of aryl methyl sites for hydroxylation is 1. The Hall–Kier alpha value is -3.64. The van der Waals surface area contributed by atoms with E-state index in [1.165, 1.54) is 18.1 Å². The minimum absolute atomic E-state index is 0.0752. The van der Waals surface area contributed by atoms with Crippen LogP contribution in [0.1, 0.15) is 29.8 Å². The molecule has 0 aliphatic carbocycles. The quantitative estimate of drug-likeness (QED) is 0.340. The second-order valence-electron chi connectivity index (χ2n) is 7.29. The molecule has 6 nitrogen and oxygen atoms in total. The number of hydrogen-bond acceptors (Lipinski definition) is 5. The van der Waals surface area contributed by atoms with Gasteiger partial charge in [0.15, 0.2) is 0 Å². The van der Waals surface area contributed by atoms with Crippen LogP contribution >= 0.6 is 11.6 Å². The van der Waals surface area contributed by atoms with Crippen molar-refractivity contribution in [3.05, 3.63) is 94.3 Å². The summed E-state index contributed by atoms with van der Waals surface area (Å²) in [6.07, 6.45) is 2.42. The third kappa shape index (κ3) is 3.74. The molecule has 3 aromatic rings. The van der Waals surface area contributed by atoms with Gasteiger partial charge in [-0.05, 0) is 54.4 Å². The van der Waals surface area contributed by atoms with Gasteiger partial charge in [0, 0.05) is 16.9 Å². The van der Waals surface area contributed by atoms with Gasteiger partial charge in [-0.25, -0.2) is 0 Å². The number of ether oxygens (including phenoxy) is 1. The number of aromatic nitrogens is 1. The van der Waals surface area contributed by atoms with Crippen molar-refractivity contribution in [2.75, 3.05) is 12.0 Å². The third-order valence-corrected chi connectivity index (χ3v) is 5.69. The molecule has 0 saturated carbocycles. The maximum Gasteiger partial charge on any atom is 0.300 e. The number of aliphatic hydroxyl groups is 1. The molecule has 7 heteroatoms. The summed E-state index contributed by atoms with van der Waals surface area (Å²) in [6.45, 7) is 2.04. The van der Waals surface area contributed by atoms with Crippen LogP contribution in [-0.4, -0.2) is 28.9 Å². The number of halogens is 1. The molecule has 32 heavy (non-hydrogen) atoms. The fraction of sp³-hybridized carbons (Fsp3) is 0.160. The summed E-state index contributed by atoms with van der Waals surface area (Å²) in [4.78, 5) is 32.1. The Labute approximate surface area is 190 Å². The Balaban J connectivity index is 1.95. The number of carbonyl (C=O) groups excluding carboxylic acids is 2. The zero-order valence-corrected chi connectivity index (χ0v) is 18.3. The molecule has 1 amide bonds. The molecule has 1 atom stereocenters. The number of hydrogen-bond donors (Lipinski definition) is 1. The van der Waals surface area contributed by atoms with E-state index in [1.54, 1.807) is 48.7 Å². The van der Waals surface area contributed by atoms with Gasteiger partial charge in [-0.15, -0.1) is 0 Å². The Kier molecular flexibility index (Phi) is 5.97. The highest BCUT2D eigenvalue weighted by atomic mass is 35.5. The first kappa shape index (κ1) is 21.6. The number of pyridine rings is 1. The molecular formula is C25H21ClN2O4. The second kappa shape index (κ2) is 8.85. The van der Waals surface area contributed by atoms with E-state index < -0.39 is 17.7 Å². The van der Waals surface area contributed by atoms with Crippen molar-refractivity contribution in [2.45, 2.75) is 19.4 Å². The number of Topliss-reactive ketones (excluding diaryl/α,β-unsaturated/α-hetero) is 1. The highest BCUT2D eigenvalue weighted by Gasteiger charge is 2.47. The van der Waals surface area contributed by atoms with E-state index in [2.05, 4.69) is 4.98 Å². The Bertz CT molecular complexity index is 1210. The van der Waals surface area contributed by atoms with E-state index in [-0.39, 0.29) is 16.9 Å². The van der Waals surface area contributed by atoms with E-state index in [9.17, 15) is 14.7 Å². The number of amides is 1. The highest BCUT2D eigenvalue weighted by Crippen LogP contribution is 2.43. The molecule has 1 aliphatic rings. The van der Waals surface area contributed by atoms with Crippen molar-refractivity contribution in [2.24, 2.45) is 0 Å². The van der Waals surface area contributed by atoms with Crippen LogP contribution in [0.5, 0.6) is 5.75 Å². The maximum atomic E-state index is 13.2. The number of benzene rings is 2. The molecule has 1 saturated heterocycles. The predicted octanol–water partition coefficient (Wildman–Crippen LogP) is 4.93. The molecule has 162 valence electrons. The van der Waals surface area contributed by atoms with Gasteiger partial charge in [0.1, 0.15) is 17.6 Å². The fourth-order valence-corrected chi connectivity index (χ4v) is 3.99. The van der Waals surface area contributed by atoms with Crippen LogP contribution in [0.25, 0.3) is 5.76 Å². The van der Waals surface area contributed by atoms with Gasteiger partial charge in [0.25, 0.3) is 11.7 Å². The smallest absolute Gasteiger partial charge is 0.300 e. The van der Waals surface area contributed by atoms with Gasteiger partial charge in [-0.1, -0.05) is 36.7 Å². The van der Waals surface area contributed by atoms with E-state index in [4.69, 9.17) is 16.3 Å². The monoisotopic (exact) mass is 448 g/mol. The lowest BCUT2D eigenvalue weighted by Gasteiger charge is -2.25. The standard InChI is InChI=1S/C25H21ClN2O4/c1-3-15-7-10-17(11-8-15)28-22(19-6-4-5-13-27-19)21(24(30)25(28)31)23(29)18-14-16(26)9-12-20(18)32-2/h4-14,22,29H,3H2,1-2H3/b23-21+. The first-order chi connectivity index (χ1) is 15.5. The molecular weight excluding hydrogens is 428 g/mol. The van der Waals surface area contributed by atoms with Crippen molar-refractivity contribution < 1.29 is 19.4 Å². The lowest BCUT2D eigenvalue weighted by atomic mass is 9.97. The van der Waals surface area contributed by atoms with Crippen molar-refractivity contribution in [1.82, 2.24) is 4.98 Å². The Morgan fingerprint density at radius 1 is 1.12 bits per heavy atom. The Morgan fingerprint density at radius 2 is 1.88 bits per heavy atom. The number of ketones is 1.